The molecule has 1 amide bonds. The fourth-order valence-electron chi connectivity index (χ4n) is 2.24. The quantitative estimate of drug-likeness (QED) is 0.664. The molecule has 0 atom stereocenters. The number of aromatic nitrogens is 1. The van der Waals surface area contributed by atoms with Gasteiger partial charge < -0.3 is 15.4 Å². The Bertz CT molecular complexity index is 499. The number of amides is 1. The second-order valence-electron chi connectivity index (χ2n) is 4.89. The molecule has 1 saturated heterocycles. The minimum Gasteiger partial charge on any atom is -0.469 e. The lowest BCUT2D eigenvalue weighted by molar-refractivity contribution is -0.148. The van der Waals surface area contributed by atoms with Gasteiger partial charge in [0.25, 0.3) is 0 Å². The van der Waals surface area contributed by atoms with E-state index in [2.05, 4.69) is 4.98 Å². The number of hydrogen-bond acceptors (Lipinski definition) is 6. The van der Waals surface area contributed by atoms with Crippen LogP contribution in [0.25, 0.3) is 0 Å². The van der Waals surface area contributed by atoms with Crippen LogP contribution in [0.2, 0.25) is 0 Å². The van der Waals surface area contributed by atoms with E-state index in [0.29, 0.717) is 37.5 Å². The lowest BCUT2D eigenvalue weighted by atomic mass is 9.97. The molecular formula is C14H19N3O3S. The van der Waals surface area contributed by atoms with Gasteiger partial charge in [0.2, 0.25) is 5.91 Å². The summed E-state index contributed by atoms with van der Waals surface area (Å²) in [7, 11) is 1.40. The molecule has 2 heterocycles. The predicted octanol–water partition coefficient (Wildman–Crippen LogP) is 1.17. The van der Waals surface area contributed by atoms with Gasteiger partial charge in [0.05, 0.1) is 18.8 Å². The summed E-state index contributed by atoms with van der Waals surface area (Å²) in [6, 6.07) is 3.57. The monoisotopic (exact) mass is 309 g/mol. The van der Waals surface area contributed by atoms with Gasteiger partial charge in [0.15, 0.2) is 0 Å². The van der Waals surface area contributed by atoms with Crippen molar-refractivity contribution in [1.82, 2.24) is 9.88 Å². The summed E-state index contributed by atoms with van der Waals surface area (Å²) >= 11 is 1.44. The van der Waals surface area contributed by atoms with E-state index in [9.17, 15) is 9.59 Å². The molecule has 0 saturated carbocycles. The van der Waals surface area contributed by atoms with Gasteiger partial charge in [0, 0.05) is 24.2 Å². The normalized spacial score (nSPS) is 15.8. The first-order chi connectivity index (χ1) is 10.1. The molecule has 0 spiro atoms. The molecule has 1 aliphatic rings. The van der Waals surface area contributed by atoms with E-state index in [1.807, 2.05) is 6.07 Å². The number of thioether (sulfide) groups is 1. The zero-order valence-electron chi connectivity index (χ0n) is 11.9. The molecule has 0 aromatic carbocycles. The number of ether oxygens (including phenoxy) is 1. The highest BCUT2D eigenvalue weighted by atomic mass is 32.2. The Labute approximate surface area is 128 Å². The third-order valence-electron chi connectivity index (χ3n) is 3.50. The van der Waals surface area contributed by atoms with Crippen LogP contribution in [-0.2, 0) is 14.3 Å². The number of rotatable bonds is 4. The minimum absolute atomic E-state index is 0.0759. The van der Waals surface area contributed by atoms with Crippen LogP contribution in [-0.4, -0.2) is 47.7 Å². The Morgan fingerprint density at radius 2 is 2.14 bits per heavy atom. The van der Waals surface area contributed by atoms with Gasteiger partial charge in [-0.15, -0.1) is 11.8 Å². The molecule has 1 fully saturated rings. The molecule has 1 aliphatic heterocycles. The second kappa shape index (κ2) is 7.31. The first-order valence-electron chi connectivity index (χ1n) is 6.80. The molecule has 6 nitrogen and oxygen atoms in total. The molecule has 0 radical (unpaired) electrons. The first-order valence-corrected chi connectivity index (χ1v) is 7.78. The third-order valence-corrected chi connectivity index (χ3v) is 4.47. The number of anilines is 1. The van der Waals surface area contributed by atoms with Crippen molar-refractivity contribution < 1.29 is 14.3 Å². The Morgan fingerprint density at radius 3 is 2.71 bits per heavy atom. The van der Waals surface area contributed by atoms with E-state index in [-0.39, 0.29) is 17.8 Å². The van der Waals surface area contributed by atoms with Crippen molar-refractivity contribution in [3.05, 3.63) is 18.3 Å². The van der Waals surface area contributed by atoms with Gasteiger partial charge in [0.1, 0.15) is 5.82 Å². The van der Waals surface area contributed by atoms with E-state index < -0.39 is 0 Å². The number of carbonyl (C=O) groups excluding carboxylic acids is 2. The summed E-state index contributed by atoms with van der Waals surface area (Å²) in [6.45, 7) is 1.22. The molecule has 0 bridgehead atoms. The summed E-state index contributed by atoms with van der Waals surface area (Å²) < 4.78 is 4.74. The summed E-state index contributed by atoms with van der Waals surface area (Å²) in [6.07, 6.45) is 3.01. The summed E-state index contributed by atoms with van der Waals surface area (Å²) in [5.74, 6) is 0.669. The minimum atomic E-state index is -0.176. The average Bonchev–Trinajstić information content (AvgIpc) is 2.53. The maximum Gasteiger partial charge on any atom is 0.308 e. The van der Waals surface area contributed by atoms with Crippen molar-refractivity contribution in [1.29, 1.82) is 0 Å². The molecule has 21 heavy (non-hydrogen) atoms. The summed E-state index contributed by atoms with van der Waals surface area (Å²) in [5, 5.41) is 0. The second-order valence-corrected chi connectivity index (χ2v) is 5.93. The fraction of sp³-hybridized carbons (Fsp3) is 0.500. The van der Waals surface area contributed by atoms with Gasteiger partial charge in [-0.1, -0.05) is 0 Å². The lowest BCUT2D eigenvalue weighted by Crippen LogP contribution is -2.41. The number of carbonyl (C=O) groups is 2. The summed E-state index contributed by atoms with van der Waals surface area (Å²) in [4.78, 5) is 30.3. The van der Waals surface area contributed by atoms with Crippen LogP contribution < -0.4 is 5.73 Å². The van der Waals surface area contributed by atoms with Crippen molar-refractivity contribution >= 4 is 29.5 Å². The van der Waals surface area contributed by atoms with Crippen LogP contribution in [0, 0.1) is 5.92 Å². The molecule has 7 heteroatoms. The third kappa shape index (κ3) is 4.35. The van der Waals surface area contributed by atoms with E-state index in [4.69, 9.17) is 10.5 Å². The lowest BCUT2D eigenvalue weighted by Gasteiger charge is -2.30. The zero-order valence-corrected chi connectivity index (χ0v) is 12.8. The standard InChI is InChI=1S/C14H19N3O3S/c1-20-14(19)10-4-6-17(7-5-10)13(18)9-21-11-2-3-12(15)16-8-11/h2-3,8,10H,4-7,9H2,1H3,(H2,15,16). The summed E-state index contributed by atoms with van der Waals surface area (Å²) in [5.41, 5.74) is 5.52. The van der Waals surface area contributed by atoms with E-state index in [0.717, 1.165) is 4.90 Å². The number of nitrogens with zero attached hydrogens (tertiary/aromatic N) is 2. The van der Waals surface area contributed by atoms with Crippen LogP contribution >= 0.6 is 11.8 Å². The van der Waals surface area contributed by atoms with Gasteiger partial charge in [-0.05, 0) is 25.0 Å². The highest BCUT2D eigenvalue weighted by Gasteiger charge is 2.27. The van der Waals surface area contributed by atoms with Crippen molar-refractivity contribution in [2.75, 3.05) is 31.7 Å². The number of pyridine rings is 1. The largest absolute Gasteiger partial charge is 0.469 e. The van der Waals surface area contributed by atoms with Crippen LogP contribution in [0.1, 0.15) is 12.8 Å². The van der Waals surface area contributed by atoms with Gasteiger partial charge in [-0.2, -0.15) is 0 Å². The van der Waals surface area contributed by atoms with Crippen LogP contribution in [0.4, 0.5) is 5.82 Å². The van der Waals surface area contributed by atoms with E-state index in [1.54, 1.807) is 17.2 Å². The number of methoxy groups -OCH3 is 1. The molecular weight excluding hydrogens is 290 g/mol. The predicted molar refractivity (Wildman–Crippen MR) is 80.7 cm³/mol. The Hall–Kier alpha value is -1.76. The van der Waals surface area contributed by atoms with Crippen LogP contribution in [0.15, 0.2) is 23.2 Å². The highest BCUT2D eigenvalue weighted by Crippen LogP contribution is 2.21. The van der Waals surface area contributed by atoms with Crippen molar-refractivity contribution in [3.63, 3.8) is 0 Å². The van der Waals surface area contributed by atoms with E-state index >= 15 is 0 Å². The van der Waals surface area contributed by atoms with Crippen LogP contribution in [0.3, 0.4) is 0 Å². The van der Waals surface area contributed by atoms with Gasteiger partial charge >= 0.3 is 5.97 Å². The zero-order chi connectivity index (χ0) is 15.2. The number of piperidine rings is 1. The van der Waals surface area contributed by atoms with Gasteiger partial charge in [-0.25, -0.2) is 4.98 Å². The SMILES string of the molecule is COC(=O)C1CCN(C(=O)CSc2ccc(N)nc2)CC1. The molecule has 114 valence electrons. The molecule has 0 unspecified atom stereocenters. The van der Waals surface area contributed by atoms with Crippen molar-refractivity contribution in [3.8, 4) is 0 Å². The Kier molecular flexibility index (Phi) is 5.44. The maximum atomic E-state index is 12.1. The van der Waals surface area contributed by atoms with Crippen molar-refractivity contribution in [2.45, 2.75) is 17.7 Å². The number of nitrogens with two attached hydrogens (primary N) is 1. The average molecular weight is 309 g/mol. The highest BCUT2D eigenvalue weighted by molar-refractivity contribution is 8.00. The molecule has 1 aromatic heterocycles. The molecule has 2 N–H and O–H groups in total. The van der Waals surface area contributed by atoms with E-state index in [1.165, 1.54) is 18.9 Å². The van der Waals surface area contributed by atoms with Gasteiger partial charge in [-0.3, -0.25) is 9.59 Å². The number of esters is 1. The maximum absolute atomic E-state index is 12.1. The Morgan fingerprint density at radius 1 is 1.43 bits per heavy atom. The van der Waals surface area contributed by atoms with Crippen LogP contribution in [0.5, 0.6) is 0 Å². The topological polar surface area (TPSA) is 85.5 Å². The van der Waals surface area contributed by atoms with Crippen molar-refractivity contribution in [2.24, 2.45) is 5.92 Å². The molecule has 2 rings (SSSR count). The Balaban J connectivity index is 1.77. The smallest absolute Gasteiger partial charge is 0.308 e. The first kappa shape index (κ1) is 15.6. The molecule has 1 aromatic rings. The number of likely N-dealkylation sites (tertiary alicyclic amines) is 1. The number of nitrogen functional groups attached to an aromatic ring is 1. The fourth-order valence-corrected chi connectivity index (χ4v) is 3.01. The number of hydrogen-bond donors (Lipinski definition) is 1. The molecule has 0 aliphatic carbocycles.